The minimum atomic E-state index is -0.948. The van der Waals surface area contributed by atoms with Crippen molar-refractivity contribution in [2.75, 3.05) is 5.75 Å². The molecule has 0 radical (unpaired) electrons. The zero-order valence-electron chi connectivity index (χ0n) is 18.1. The maximum absolute atomic E-state index is 13.0. The number of ketones is 1. The van der Waals surface area contributed by atoms with E-state index in [0.29, 0.717) is 27.6 Å². The number of carbonyl (C=O) groups is 1. The largest absolute Gasteiger partial charge is 0.297 e. The molecule has 2 aromatic heterocycles. The predicted molar refractivity (Wildman–Crippen MR) is 133 cm³/mol. The molecule has 4 aromatic rings. The SMILES string of the molecule is CCCCn1c(SCC(=O)C(C#N)c2nc(-c3ccccc3)cs2)nc2ccccc2c1=O. The Morgan fingerprint density at radius 2 is 1.91 bits per heavy atom. The summed E-state index contributed by atoms with van der Waals surface area (Å²) < 4.78 is 1.64. The summed E-state index contributed by atoms with van der Waals surface area (Å²) in [6.07, 6.45) is 1.77. The number of nitriles is 1. The summed E-state index contributed by atoms with van der Waals surface area (Å²) in [7, 11) is 0. The van der Waals surface area contributed by atoms with E-state index in [2.05, 4.69) is 23.0 Å². The lowest BCUT2D eigenvalue weighted by Crippen LogP contribution is -2.24. The fourth-order valence-electron chi connectivity index (χ4n) is 3.42. The monoisotopic (exact) mass is 474 g/mol. The van der Waals surface area contributed by atoms with Crippen molar-refractivity contribution in [3.63, 3.8) is 0 Å². The first-order chi connectivity index (χ1) is 16.1. The van der Waals surface area contributed by atoms with Crippen molar-refractivity contribution < 1.29 is 4.79 Å². The number of para-hydroxylation sites is 1. The van der Waals surface area contributed by atoms with Crippen LogP contribution >= 0.6 is 23.1 Å². The number of hydrogen-bond donors (Lipinski definition) is 0. The molecule has 1 unspecified atom stereocenters. The number of nitrogens with zero attached hydrogens (tertiary/aromatic N) is 4. The zero-order chi connectivity index (χ0) is 23.2. The van der Waals surface area contributed by atoms with Crippen molar-refractivity contribution in [3.8, 4) is 17.3 Å². The number of Topliss-reactive ketones (excluding diaryl/α,β-unsaturated/α-hetero) is 1. The lowest BCUT2D eigenvalue weighted by atomic mass is 10.1. The van der Waals surface area contributed by atoms with Crippen molar-refractivity contribution in [2.24, 2.45) is 0 Å². The van der Waals surface area contributed by atoms with Crippen molar-refractivity contribution in [3.05, 3.63) is 75.3 Å². The van der Waals surface area contributed by atoms with Crippen LogP contribution in [0.3, 0.4) is 0 Å². The van der Waals surface area contributed by atoms with Crippen molar-refractivity contribution in [1.82, 2.24) is 14.5 Å². The van der Waals surface area contributed by atoms with Gasteiger partial charge in [-0.3, -0.25) is 14.2 Å². The van der Waals surface area contributed by atoms with E-state index in [1.165, 1.54) is 23.1 Å². The Labute approximate surface area is 199 Å². The summed E-state index contributed by atoms with van der Waals surface area (Å²) >= 11 is 2.52. The van der Waals surface area contributed by atoms with Crippen molar-refractivity contribution in [1.29, 1.82) is 5.26 Å². The number of thioether (sulfide) groups is 1. The van der Waals surface area contributed by atoms with Gasteiger partial charge in [-0.1, -0.05) is 67.6 Å². The molecule has 0 N–H and O–H groups in total. The molecule has 166 valence electrons. The number of carbonyl (C=O) groups excluding carboxylic acids is 1. The fourth-order valence-corrected chi connectivity index (χ4v) is 5.24. The van der Waals surface area contributed by atoms with Crippen LogP contribution in [-0.2, 0) is 11.3 Å². The third-order valence-corrected chi connectivity index (χ3v) is 7.10. The predicted octanol–water partition coefficient (Wildman–Crippen LogP) is 5.29. The molecule has 4 rings (SSSR count). The molecule has 0 saturated heterocycles. The van der Waals surface area contributed by atoms with Crippen LogP contribution in [0.25, 0.3) is 22.2 Å². The van der Waals surface area contributed by atoms with Gasteiger partial charge in [0.2, 0.25) is 0 Å². The third kappa shape index (κ3) is 5.05. The topological polar surface area (TPSA) is 88.6 Å². The Bertz CT molecular complexity index is 1370. The van der Waals surface area contributed by atoms with Crippen LogP contribution in [0.4, 0.5) is 0 Å². The van der Waals surface area contributed by atoms with Crippen LogP contribution in [0.2, 0.25) is 0 Å². The molecule has 0 spiro atoms. The minimum Gasteiger partial charge on any atom is -0.297 e. The van der Waals surface area contributed by atoms with Crippen LogP contribution in [0, 0.1) is 11.3 Å². The summed E-state index contributed by atoms with van der Waals surface area (Å²) in [5, 5.41) is 13.1. The lowest BCUT2D eigenvalue weighted by Gasteiger charge is -2.13. The number of hydrogen-bond acceptors (Lipinski definition) is 7. The lowest BCUT2D eigenvalue weighted by molar-refractivity contribution is -0.116. The van der Waals surface area contributed by atoms with Crippen LogP contribution in [-0.4, -0.2) is 26.1 Å². The molecule has 33 heavy (non-hydrogen) atoms. The average molecular weight is 475 g/mol. The maximum atomic E-state index is 13.0. The Kier molecular flexibility index (Phi) is 7.33. The van der Waals surface area contributed by atoms with Crippen molar-refractivity contribution >= 4 is 39.8 Å². The van der Waals surface area contributed by atoms with Gasteiger partial charge in [0.05, 0.1) is 28.4 Å². The van der Waals surface area contributed by atoms with Gasteiger partial charge in [0.25, 0.3) is 5.56 Å². The number of fused-ring (bicyclic) bond motifs is 1. The van der Waals surface area contributed by atoms with E-state index in [1.54, 1.807) is 16.7 Å². The summed E-state index contributed by atoms with van der Waals surface area (Å²) in [6, 6.07) is 19.0. The summed E-state index contributed by atoms with van der Waals surface area (Å²) in [4.78, 5) is 35.2. The second kappa shape index (κ2) is 10.6. The molecule has 8 heteroatoms. The minimum absolute atomic E-state index is 0.0371. The highest BCUT2D eigenvalue weighted by Crippen LogP contribution is 2.28. The Morgan fingerprint density at radius 1 is 1.15 bits per heavy atom. The van der Waals surface area contributed by atoms with Crippen molar-refractivity contribution in [2.45, 2.75) is 37.4 Å². The van der Waals surface area contributed by atoms with E-state index < -0.39 is 5.92 Å². The van der Waals surface area contributed by atoms with Crippen LogP contribution in [0.5, 0.6) is 0 Å². The first kappa shape index (κ1) is 22.9. The molecule has 0 bridgehead atoms. The standard InChI is InChI=1S/C25H22N4O2S2/c1-2-3-13-29-24(31)18-11-7-8-12-20(18)28-25(29)33-16-22(30)19(14-26)23-27-21(15-32-23)17-9-5-4-6-10-17/h4-12,15,19H,2-3,13,16H2,1H3. The van der Waals surface area contributed by atoms with E-state index in [-0.39, 0.29) is 17.1 Å². The van der Waals surface area contributed by atoms with Gasteiger partial charge < -0.3 is 0 Å². The van der Waals surface area contributed by atoms with Crippen LogP contribution in [0.15, 0.2) is 69.9 Å². The maximum Gasteiger partial charge on any atom is 0.262 e. The molecule has 6 nitrogen and oxygen atoms in total. The number of thiazole rings is 1. The highest BCUT2D eigenvalue weighted by atomic mass is 32.2. The van der Waals surface area contributed by atoms with Gasteiger partial charge in [-0.05, 0) is 18.6 Å². The van der Waals surface area contributed by atoms with Gasteiger partial charge in [0.15, 0.2) is 16.9 Å². The molecule has 0 aliphatic rings. The number of benzene rings is 2. The van der Waals surface area contributed by atoms with Gasteiger partial charge in [0, 0.05) is 17.5 Å². The number of aromatic nitrogens is 3. The second-order valence-electron chi connectivity index (χ2n) is 7.48. The van der Waals surface area contributed by atoms with E-state index >= 15 is 0 Å². The molecule has 2 aromatic carbocycles. The van der Waals surface area contributed by atoms with E-state index in [1.807, 2.05) is 47.8 Å². The molecule has 0 fully saturated rings. The summed E-state index contributed by atoms with van der Waals surface area (Å²) in [6.45, 7) is 2.60. The summed E-state index contributed by atoms with van der Waals surface area (Å²) in [5.74, 6) is -1.16. The quantitative estimate of drug-likeness (QED) is 0.242. The van der Waals surface area contributed by atoms with Gasteiger partial charge in [-0.25, -0.2) is 9.97 Å². The number of rotatable bonds is 9. The van der Waals surface area contributed by atoms with Gasteiger partial charge in [0.1, 0.15) is 5.01 Å². The van der Waals surface area contributed by atoms with Gasteiger partial charge in [-0.15, -0.1) is 11.3 Å². The Balaban J connectivity index is 1.56. The first-order valence-electron chi connectivity index (χ1n) is 10.7. The molecule has 1 atom stereocenters. The highest BCUT2D eigenvalue weighted by molar-refractivity contribution is 7.99. The van der Waals surface area contributed by atoms with E-state index in [4.69, 9.17) is 0 Å². The fraction of sp³-hybridized carbons (Fsp3) is 0.240. The molecule has 0 aliphatic carbocycles. The van der Waals surface area contributed by atoms with Gasteiger partial charge in [-0.2, -0.15) is 5.26 Å². The first-order valence-corrected chi connectivity index (χ1v) is 12.5. The molecule has 2 heterocycles. The molecule has 0 saturated carbocycles. The third-order valence-electron chi connectivity index (χ3n) is 5.19. The number of unbranched alkanes of at least 4 members (excludes halogenated alkanes) is 1. The van der Waals surface area contributed by atoms with E-state index in [9.17, 15) is 14.9 Å². The summed E-state index contributed by atoms with van der Waals surface area (Å²) in [5.41, 5.74) is 2.20. The normalized spacial score (nSPS) is 11.9. The molecular formula is C25H22N4O2S2. The van der Waals surface area contributed by atoms with Crippen LogP contribution < -0.4 is 5.56 Å². The second-order valence-corrected chi connectivity index (χ2v) is 9.31. The van der Waals surface area contributed by atoms with Crippen LogP contribution in [0.1, 0.15) is 30.7 Å². The van der Waals surface area contributed by atoms with Gasteiger partial charge >= 0.3 is 0 Å². The zero-order valence-corrected chi connectivity index (χ0v) is 19.7. The Hall–Kier alpha value is -3.28. The molecule has 0 aliphatic heterocycles. The molecule has 0 amide bonds. The highest BCUT2D eigenvalue weighted by Gasteiger charge is 2.25. The molecular weight excluding hydrogens is 452 g/mol. The average Bonchev–Trinajstić information content (AvgIpc) is 3.33. The van der Waals surface area contributed by atoms with E-state index in [0.717, 1.165) is 24.1 Å². The smallest absolute Gasteiger partial charge is 0.262 e. The Morgan fingerprint density at radius 3 is 2.67 bits per heavy atom.